The fraction of sp³-hybridized carbons (Fsp3) is 0.250. The van der Waals surface area contributed by atoms with Crippen molar-refractivity contribution in [2.24, 2.45) is 0 Å². The summed E-state index contributed by atoms with van der Waals surface area (Å²) >= 11 is 7.56. The van der Waals surface area contributed by atoms with Gasteiger partial charge in [0.2, 0.25) is 0 Å². The predicted octanol–water partition coefficient (Wildman–Crippen LogP) is 3.61. The predicted molar refractivity (Wildman–Crippen MR) is 74.0 cm³/mol. The Balaban J connectivity index is 2.26. The fourth-order valence-corrected chi connectivity index (χ4v) is 2.32. The van der Waals surface area contributed by atoms with Gasteiger partial charge in [-0.25, -0.2) is 4.68 Å². The maximum absolute atomic E-state index is 5.94. The van der Waals surface area contributed by atoms with Gasteiger partial charge in [-0.3, -0.25) is 0 Å². The molecule has 0 aliphatic carbocycles. The number of benzene rings is 1. The Morgan fingerprint density at radius 1 is 1.35 bits per heavy atom. The molecule has 0 radical (unpaired) electrons. The van der Waals surface area contributed by atoms with Gasteiger partial charge in [-0.2, -0.15) is 5.10 Å². The van der Waals surface area contributed by atoms with Crippen molar-refractivity contribution in [1.82, 2.24) is 9.78 Å². The van der Waals surface area contributed by atoms with Gasteiger partial charge in [0, 0.05) is 11.1 Å². The number of aromatic nitrogens is 2. The van der Waals surface area contributed by atoms with Crippen LogP contribution in [0.2, 0.25) is 5.02 Å². The largest absolute Gasteiger partial charge is 0.384 e. The average Bonchev–Trinajstić information content (AvgIpc) is 2.69. The van der Waals surface area contributed by atoms with Gasteiger partial charge < -0.3 is 5.73 Å². The number of anilines is 1. The summed E-state index contributed by atoms with van der Waals surface area (Å²) in [5.74, 6) is 1.70. The summed E-state index contributed by atoms with van der Waals surface area (Å²) in [6.07, 6.45) is 1.12. The first-order chi connectivity index (χ1) is 8.20. The van der Waals surface area contributed by atoms with Crippen molar-refractivity contribution in [3.63, 3.8) is 0 Å². The Labute approximate surface area is 110 Å². The van der Waals surface area contributed by atoms with Crippen molar-refractivity contribution in [1.29, 1.82) is 0 Å². The molecule has 1 aromatic carbocycles. The van der Waals surface area contributed by atoms with E-state index in [1.165, 1.54) is 0 Å². The molecule has 0 amide bonds. The fourth-order valence-electron chi connectivity index (χ4n) is 1.44. The van der Waals surface area contributed by atoms with E-state index in [1.54, 1.807) is 16.4 Å². The van der Waals surface area contributed by atoms with Crippen LogP contribution in [0.15, 0.2) is 35.4 Å². The molecule has 2 aromatic rings. The molecule has 2 N–H and O–H groups in total. The third kappa shape index (κ3) is 2.96. The standard InChI is InChI=1S/C12H14ClN3S/c1-2-7-17-12-8-11(14)16(15-12)10-5-3-9(13)4-6-10/h3-6,8H,2,7,14H2,1H3. The molecule has 0 aliphatic heterocycles. The summed E-state index contributed by atoms with van der Waals surface area (Å²) in [5, 5.41) is 6.12. The lowest BCUT2D eigenvalue weighted by Crippen LogP contribution is -2.01. The minimum Gasteiger partial charge on any atom is -0.384 e. The van der Waals surface area contributed by atoms with E-state index in [1.807, 2.05) is 30.3 Å². The summed E-state index contributed by atoms with van der Waals surface area (Å²) in [7, 11) is 0. The molecule has 1 heterocycles. The lowest BCUT2D eigenvalue weighted by Gasteiger charge is -2.03. The van der Waals surface area contributed by atoms with E-state index in [-0.39, 0.29) is 0 Å². The number of thioether (sulfide) groups is 1. The molecule has 0 saturated carbocycles. The Morgan fingerprint density at radius 3 is 2.71 bits per heavy atom. The van der Waals surface area contributed by atoms with Crippen LogP contribution in [0.4, 0.5) is 5.82 Å². The maximum atomic E-state index is 5.94. The van der Waals surface area contributed by atoms with Crippen LogP contribution in [0, 0.1) is 0 Å². The second kappa shape index (κ2) is 5.47. The van der Waals surface area contributed by atoms with E-state index in [9.17, 15) is 0 Å². The Hall–Kier alpha value is -1.13. The molecule has 0 bridgehead atoms. The van der Waals surface area contributed by atoms with E-state index in [0.29, 0.717) is 10.8 Å². The SMILES string of the molecule is CCCSc1cc(N)n(-c2ccc(Cl)cc2)n1. The van der Waals surface area contributed by atoms with Gasteiger partial charge in [0.15, 0.2) is 0 Å². The molecular formula is C12H14ClN3S. The zero-order chi connectivity index (χ0) is 12.3. The van der Waals surface area contributed by atoms with E-state index in [4.69, 9.17) is 17.3 Å². The van der Waals surface area contributed by atoms with Crippen molar-refractivity contribution < 1.29 is 0 Å². The van der Waals surface area contributed by atoms with Crippen LogP contribution in [0.25, 0.3) is 5.69 Å². The number of nitrogens with zero attached hydrogens (tertiary/aromatic N) is 2. The first-order valence-electron chi connectivity index (χ1n) is 5.45. The molecule has 3 nitrogen and oxygen atoms in total. The quantitative estimate of drug-likeness (QED) is 0.861. The van der Waals surface area contributed by atoms with Crippen molar-refractivity contribution >= 4 is 29.2 Å². The van der Waals surface area contributed by atoms with Crippen molar-refractivity contribution in [2.75, 3.05) is 11.5 Å². The van der Waals surface area contributed by atoms with E-state index in [0.717, 1.165) is 22.9 Å². The van der Waals surface area contributed by atoms with Crippen LogP contribution >= 0.6 is 23.4 Å². The number of nitrogen functional groups attached to an aromatic ring is 1. The molecule has 0 saturated heterocycles. The molecule has 0 aliphatic rings. The van der Waals surface area contributed by atoms with Crippen LogP contribution < -0.4 is 5.73 Å². The topological polar surface area (TPSA) is 43.8 Å². The zero-order valence-corrected chi connectivity index (χ0v) is 11.1. The van der Waals surface area contributed by atoms with Crippen LogP contribution in [0.3, 0.4) is 0 Å². The highest BCUT2D eigenvalue weighted by atomic mass is 35.5. The van der Waals surface area contributed by atoms with Crippen LogP contribution in [-0.4, -0.2) is 15.5 Å². The summed E-state index contributed by atoms with van der Waals surface area (Å²) in [4.78, 5) is 0. The Morgan fingerprint density at radius 2 is 2.06 bits per heavy atom. The third-order valence-corrected chi connectivity index (χ3v) is 3.60. The Kier molecular flexibility index (Phi) is 3.97. The first-order valence-corrected chi connectivity index (χ1v) is 6.81. The highest BCUT2D eigenvalue weighted by Crippen LogP contribution is 2.23. The molecule has 2 rings (SSSR count). The van der Waals surface area contributed by atoms with Gasteiger partial charge in [-0.1, -0.05) is 18.5 Å². The lowest BCUT2D eigenvalue weighted by molar-refractivity contribution is 0.845. The molecular weight excluding hydrogens is 254 g/mol. The minimum atomic E-state index is 0.644. The number of rotatable bonds is 4. The summed E-state index contributed by atoms with van der Waals surface area (Å²) in [6.45, 7) is 2.15. The van der Waals surface area contributed by atoms with Gasteiger partial charge >= 0.3 is 0 Å². The smallest absolute Gasteiger partial charge is 0.128 e. The molecule has 1 aromatic heterocycles. The maximum Gasteiger partial charge on any atom is 0.128 e. The molecule has 0 spiro atoms. The summed E-state index contributed by atoms with van der Waals surface area (Å²) in [6, 6.07) is 9.36. The minimum absolute atomic E-state index is 0.644. The zero-order valence-electron chi connectivity index (χ0n) is 9.56. The molecule has 5 heteroatoms. The normalized spacial score (nSPS) is 10.7. The summed E-state index contributed by atoms with van der Waals surface area (Å²) in [5.41, 5.74) is 6.86. The number of nitrogens with two attached hydrogens (primary N) is 1. The highest BCUT2D eigenvalue weighted by Gasteiger charge is 2.06. The van der Waals surface area contributed by atoms with E-state index >= 15 is 0 Å². The third-order valence-electron chi connectivity index (χ3n) is 2.24. The number of halogens is 1. The second-order valence-electron chi connectivity index (χ2n) is 3.64. The highest BCUT2D eigenvalue weighted by molar-refractivity contribution is 7.99. The van der Waals surface area contributed by atoms with Crippen molar-refractivity contribution in [2.45, 2.75) is 18.4 Å². The van der Waals surface area contributed by atoms with Crippen LogP contribution in [-0.2, 0) is 0 Å². The Bertz CT molecular complexity index is 493. The van der Waals surface area contributed by atoms with Crippen molar-refractivity contribution in [3.05, 3.63) is 35.4 Å². The number of hydrogen-bond acceptors (Lipinski definition) is 3. The first kappa shape index (κ1) is 12.3. The van der Waals surface area contributed by atoms with Crippen LogP contribution in [0.5, 0.6) is 0 Å². The van der Waals surface area contributed by atoms with E-state index in [2.05, 4.69) is 12.0 Å². The van der Waals surface area contributed by atoms with Crippen molar-refractivity contribution in [3.8, 4) is 5.69 Å². The molecule has 0 unspecified atom stereocenters. The van der Waals surface area contributed by atoms with Gasteiger partial charge in [0.1, 0.15) is 10.8 Å². The van der Waals surface area contributed by atoms with E-state index < -0.39 is 0 Å². The van der Waals surface area contributed by atoms with Gasteiger partial charge in [0.25, 0.3) is 0 Å². The van der Waals surface area contributed by atoms with Gasteiger partial charge in [0.05, 0.1) is 5.69 Å². The monoisotopic (exact) mass is 267 g/mol. The van der Waals surface area contributed by atoms with Gasteiger partial charge in [-0.15, -0.1) is 11.8 Å². The second-order valence-corrected chi connectivity index (χ2v) is 5.20. The molecule has 17 heavy (non-hydrogen) atoms. The number of hydrogen-bond donors (Lipinski definition) is 1. The summed E-state index contributed by atoms with van der Waals surface area (Å²) < 4.78 is 1.73. The van der Waals surface area contributed by atoms with Crippen LogP contribution in [0.1, 0.15) is 13.3 Å². The molecule has 0 fully saturated rings. The lowest BCUT2D eigenvalue weighted by atomic mass is 10.3. The average molecular weight is 268 g/mol. The molecule has 90 valence electrons. The van der Waals surface area contributed by atoms with Gasteiger partial charge in [-0.05, 0) is 36.4 Å². The molecule has 0 atom stereocenters.